The van der Waals surface area contributed by atoms with E-state index in [1.807, 2.05) is 37.3 Å². The van der Waals surface area contributed by atoms with Gasteiger partial charge in [-0.05, 0) is 19.1 Å². The van der Waals surface area contributed by atoms with Crippen LogP contribution in [0.1, 0.15) is 11.5 Å². The molecule has 1 aromatic carbocycles. The van der Waals surface area contributed by atoms with Crippen LogP contribution in [0, 0.1) is 6.92 Å². The highest BCUT2D eigenvalue weighted by Gasteiger charge is 2.15. The SMILES string of the molecule is Cc1nc(N)sc1-c1nc(CCOc2ccccc2)no1. The lowest BCUT2D eigenvalue weighted by Crippen LogP contribution is -2.02. The van der Waals surface area contributed by atoms with Gasteiger partial charge in [-0.15, -0.1) is 0 Å². The zero-order valence-electron chi connectivity index (χ0n) is 11.4. The largest absolute Gasteiger partial charge is 0.493 e. The smallest absolute Gasteiger partial charge is 0.269 e. The summed E-state index contributed by atoms with van der Waals surface area (Å²) < 4.78 is 10.8. The molecule has 6 nitrogen and oxygen atoms in total. The number of nitrogens with two attached hydrogens (primary N) is 1. The summed E-state index contributed by atoms with van der Waals surface area (Å²) in [5, 5.41) is 4.44. The van der Waals surface area contributed by atoms with Gasteiger partial charge in [0, 0.05) is 6.42 Å². The van der Waals surface area contributed by atoms with E-state index < -0.39 is 0 Å². The first-order valence-electron chi connectivity index (χ1n) is 6.46. The predicted molar refractivity (Wildman–Crippen MR) is 80.2 cm³/mol. The number of aromatic nitrogens is 3. The Hall–Kier alpha value is -2.41. The van der Waals surface area contributed by atoms with Crippen molar-refractivity contribution in [3.8, 4) is 16.5 Å². The number of aryl methyl sites for hydroxylation is 1. The number of rotatable bonds is 5. The fourth-order valence-electron chi connectivity index (χ4n) is 1.84. The molecule has 0 atom stereocenters. The monoisotopic (exact) mass is 302 g/mol. The summed E-state index contributed by atoms with van der Waals surface area (Å²) in [4.78, 5) is 9.30. The number of nitrogens with zero attached hydrogens (tertiary/aromatic N) is 3. The fourth-order valence-corrected chi connectivity index (χ4v) is 2.60. The van der Waals surface area contributed by atoms with Gasteiger partial charge in [0.1, 0.15) is 10.6 Å². The Morgan fingerprint density at radius 2 is 2.05 bits per heavy atom. The third kappa shape index (κ3) is 3.19. The third-order valence-electron chi connectivity index (χ3n) is 2.81. The van der Waals surface area contributed by atoms with E-state index in [1.54, 1.807) is 0 Å². The maximum absolute atomic E-state index is 5.67. The van der Waals surface area contributed by atoms with Crippen LogP contribution in [0.15, 0.2) is 34.9 Å². The van der Waals surface area contributed by atoms with Crippen LogP contribution in [0.5, 0.6) is 5.75 Å². The van der Waals surface area contributed by atoms with Crippen LogP contribution in [0.25, 0.3) is 10.8 Å². The molecular formula is C14H14N4O2S. The predicted octanol–water partition coefficient (Wildman–Crippen LogP) is 2.71. The van der Waals surface area contributed by atoms with E-state index in [0.29, 0.717) is 29.9 Å². The maximum atomic E-state index is 5.67. The second kappa shape index (κ2) is 5.92. The topological polar surface area (TPSA) is 87.1 Å². The van der Waals surface area contributed by atoms with Gasteiger partial charge in [-0.25, -0.2) is 4.98 Å². The number of nitrogen functional groups attached to an aromatic ring is 1. The molecule has 21 heavy (non-hydrogen) atoms. The minimum atomic E-state index is 0.455. The molecule has 0 unspecified atom stereocenters. The molecule has 3 aromatic rings. The number of anilines is 1. The Morgan fingerprint density at radius 3 is 2.76 bits per heavy atom. The molecule has 0 radical (unpaired) electrons. The highest BCUT2D eigenvalue weighted by Crippen LogP contribution is 2.29. The van der Waals surface area contributed by atoms with Crippen molar-refractivity contribution in [3.63, 3.8) is 0 Å². The number of thiazole rings is 1. The molecule has 0 aliphatic carbocycles. The lowest BCUT2D eigenvalue weighted by atomic mass is 10.3. The third-order valence-corrected chi connectivity index (χ3v) is 3.79. The molecule has 0 fully saturated rings. The standard InChI is InChI=1S/C14H14N4O2S/c1-9-12(21-14(15)16-9)13-17-11(18-20-13)7-8-19-10-5-3-2-4-6-10/h2-6H,7-8H2,1H3,(H2,15,16). The quantitative estimate of drug-likeness (QED) is 0.779. The Kier molecular flexibility index (Phi) is 3.83. The van der Waals surface area contributed by atoms with Crippen LogP contribution in [0.2, 0.25) is 0 Å². The maximum Gasteiger partial charge on any atom is 0.269 e. The van der Waals surface area contributed by atoms with Crippen LogP contribution in [0.3, 0.4) is 0 Å². The Labute approximate surface area is 125 Å². The van der Waals surface area contributed by atoms with Crippen LogP contribution in [0.4, 0.5) is 5.13 Å². The number of hydrogen-bond acceptors (Lipinski definition) is 7. The molecule has 3 rings (SSSR count). The van der Waals surface area contributed by atoms with Crippen molar-refractivity contribution in [2.24, 2.45) is 0 Å². The van der Waals surface area contributed by atoms with Crippen molar-refractivity contribution in [1.29, 1.82) is 0 Å². The molecule has 0 bridgehead atoms. The van der Waals surface area contributed by atoms with Crippen molar-refractivity contribution in [3.05, 3.63) is 41.9 Å². The van der Waals surface area contributed by atoms with E-state index in [9.17, 15) is 0 Å². The number of ether oxygens (including phenoxy) is 1. The Morgan fingerprint density at radius 1 is 1.24 bits per heavy atom. The van der Waals surface area contributed by atoms with Gasteiger partial charge in [0.2, 0.25) is 0 Å². The second-order valence-electron chi connectivity index (χ2n) is 4.39. The van der Waals surface area contributed by atoms with Gasteiger partial charge in [0.05, 0.1) is 12.3 Å². The van der Waals surface area contributed by atoms with Gasteiger partial charge in [-0.1, -0.05) is 34.7 Å². The molecule has 0 amide bonds. The Balaban J connectivity index is 1.62. The molecular weight excluding hydrogens is 288 g/mol. The van der Waals surface area contributed by atoms with Crippen LogP contribution < -0.4 is 10.5 Å². The van der Waals surface area contributed by atoms with Gasteiger partial charge in [0.25, 0.3) is 5.89 Å². The summed E-state index contributed by atoms with van der Waals surface area (Å²) >= 11 is 1.34. The first-order chi connectivity index (χ1) is 10.2. The lowest BCUT2D eigenvalue weighted by Gasteiger charge is -2.02. The number of benzene rings is 1. The summed E-state index contributed by atoms with van der Waals surface area (Å²) in [5.74, 6) is 1.89. The average molecular weight is 302 g/mol. The highest BCUT2D eigenvalue weighted by atomic mass is 32.1. The van der Waals surface area contributed by atoms with Gasteiger partial charge in [-0.3, -0.25) is 0 Å². The van der Waals surface area contributed by atoms with Crippen molar-refractivity contribution in [1.82, 2.24) is 15.1 Å². The van der Waals surface area contributed by atoms with E-state index in [2.05, 4.69) is 15.1 Å². The van der Waals surface area contributed by atoms with Crippen LogP contribution >= 0.6 is 11.3 Å². The van der Waals surface area contributed by atoms with Crippen molar-refractivity contribution in [2.45, 2.75) is 13.3 Å². The molecule has 0 saturated carbocycles. The van der Waals surface area contributed by atoms with Gasteiger partial charge >= 0.3 is 0 Å². The molecule has 0 aliphatic rings. The normalized spacial score (nSPS) is 10.7. The van der Waals surface area contributed by atoms with Crippen molar-refractivity contribution >= 4 is 16.5 Å². The molecule has 2 heterocycles. The minimum Gasteiger partial charge on any atom is -0.493 e. The zero-order valence-corrected chi connectivity index (χ0v) is 12.3. The first-order valence-corrected chi connectivity index (χ1v) is 7.28. The van der Waals surface area contributed by atoms with E-state index in [4.69, 9.17) is 15.0 Å². The molecule has 2 aromatic heterocycles. The molecule has 0 spiro atoms. The molecule has 0 aliphatic heterocycles. The summed E-state index contributed by atoms with van der Waals surface area (Å²) in [5.41, 5.74) is 6.47. The summed E-state index contributed by atoms with van der Waals surface area (Å²) in [6.45, 7) is 2.36. The number of para-hydroxylation sites is 1. The Bertz CT molecular complexity index is 724. The summed E-state index contributed by atoms with van der Waals surface area (Å²) in [6.07, 6.45) is 0.575. The fraction of sp³-hybridized carbons (Fsp3) is 0.214. The molecule has 2 N–H and O–H groups in total. The van der Waals surface area contributed by atoms with Gasteiger partial charge in [-0.2, -0.15) is 4.98 Å². The molecule has 7 heteroatoms. The number of hydrogen-bond donors (Lipinski definition) is 1. The van der Waals surface area contributed by atoms with Gasteiger partial charge in [0.15, 0.2) is 11.0 Å². The van der Waals surface area contributed by atoms with Crippen LogP contribution in [-0.2, 0) is 6.42 Å². The van der Waals surface area contributed by atoms with E-state index in [1.165, 1.54) is 11.3 Å². The van der Waals surface area contributed by atoms with E-state index >= 15 is 0 Å². The van der Waals surface area contributed by atoms with Crippen molar-refractivity contribution < 1.29 is 9.26 Å². The van der Waals surface area contributed by atoms with E-state index in [-0.39, 0.29) is 0 Å². The van der Waals surface area contributed by atoms with Crippen LogP contribution in [-0.4, -0.2) is 21.7 Å². The van der Waals surface area contributed by atoms with E-state index in [0.717, 1.165) is 16.3 Å². The van der Waals surface area contributed by atoms with Gasteiger partial charge < -0.3 is 15.0 Å². The average Bonchev–Trinajstić information content (AvgIpc) is 3.06. The second-order valence-corrected chi connectivity index (χ2v) is 5.42. The minimum absolute atomic E-state index is 0.455. The highest BCUT2D eigenvalue weighted by molar-refractivity contribution is 7.18. The van der Waals surface area contributed by atoms with Crippen molar-refractivity contribution in [2.75, 3.05) is 12.3 Å². The molecule has 0 saturated heterocycles. The zero-order chi connectivity index (χ0) is 14.7. The molecule has 108 valence electrons. The summed E-state index contributed by atoms with van der Waals surface area (Å²) in [7, 11) is 0. The lowest BCUT2D eigenvalue weighted by molar-refractivity contribution is 0.315. The first kappa shape index (κ1) is 13.6. The summed E-state index contributed by atoms with van der Waals surface area (Å²) in [6, 6.07) is 9.62.